The molecule has 2 unspecified atom stereocenters. The molecule has 2 N–H and O–H groups in total. The molecule has 7 heteroatoms. The van der Waals surface area contributed by atoms with Crippen LogP contribution in [0.15, 0.2) is 18.2 Å². The van der Waals surface area contributed by atoms with E-state index in [-0.39, 0.29) is 30.2 Å². The van der Waals surface area contributed by atoms with Gasteiger partial charge in [-0.1, -0.05) is 11.6 Å². The van der Waals surface area contributed by atoms with Gasteiger partial charge in [0.15, 0.2) is 0 Å². The first-order chi connectivity index (χ1) is 13.4. The molecule has 1 aliphatic carbocycles. The molecule has 0 radical (unpaired) electrons. The van der Waals surface area contributed by atoms with Crippen molar-refractivity contribution in [3.8, 4) is 5.75 Å². The highest BCUT2D eigenvalue weighted by Gasteiger charge is 2.42. The van der Waals surface area contributed by atoms with Crippen molar-refractivity contribution in [2.45, 2.75) is 63.6 Å². The molecule has 1 aromatic carbocycles. The van der Waals surface area contributed by atoms with Crippen molar-refractivity contribution in [1.29, 1.82) is 0 Å². The average molecular weight is 385 g/mol. The summed E-state index contributed by atoms with van der Waals surface area (Å²) < 4.78 is 6.34. The van der Waals surface area contributed by atoms with Crippen molar-refractivity contribution in [3.05, 3.63) is 29.3 Å². The number of carbonyl (C=O) groups excluding carboxylic acids is 3. The zero-order valence-corrected chi connectivity index (χ0v) is 16.4. The van der Waals surface area contributed by atoms with E-state index in [0.717, 1.165) is 18.4 Å². The quantitative estimate of drug-likeness (QED) is 0.826. The summed E-state index contributed by atoms with van der Waals surface area (Å²) in [5.74, 6) is 0.266. The Kier molecular flexibility index (Phi) is 4.77. The molecule has 3 amide bonds. The van der Waals surface area contributed by atoms with Gasteiger partial charge >= 0.3 is 0 Å². The van der Waals surface area contributed by atoms with Gasteiger partial charge in [-0.05, 0) is 45.2 Å². The number of fused-ring (bicyclic) bond motifs is 1. The van der Waals surface area contributed by atoms with Gasteiger partial charge in [0.25, 0.3) is 5.91 Å². The SMILES string of the molecule is Cc1ccc2c(c1)C(=O)NCC1(CCC(=O)N(C(C)C(=O)NC3CC3)CC1)O2. The summed E-state index contributed by atoms with van der Waals surface area (Å²) in [6.45, 7) is 4.49. The summed E-state index contributed by atoms with van der Waals surface area (Å²) in [5.41, 5.74) is 0.875. The van der Waals surface area contributed by atoms with E-state index in [9.17, 15) is 14.4 Å². The molecule has 2 aliphatic heterocycles. The summed E-state index contributed by atoms with van der Waals surface area (Å²) in [4.78, 5) is 39.3. The smallest absolute Gasteiger partial charge is 0.255 e. The Morgan fingerprint density at radius 2 is 2.11 bits per heavy atom. The number of hydrogen-bond acceptors (Lipinski definition) is 4. The minimum atomic E-state index is -0.646. The van der Waals surface area contributed by atoms with Crippen LogP contribution in [0.3, 0.4) is 0 Å². The van der Waals surface area contributed by atoms with Crippen molar-refractivity contribution < 1.29 is 19.1 Å². The number of ether oxygens (including phenoxy) is 1. The lowest BCUT2D eigenvalue weighted by molar-refractivity contribution is -0.139. The molecule has 4 rings (SSSR count). The van der Waals surface area contributed by atoms with Gasteiger partial charge < -0.3 is 20.3 Å². The van der Waals surface area contributed by atoms with Gasteiger partial charge in [-0.25, -0.2) is 0 Å². The maximum absolute atomic E-state index is 12.7. The molecule has 2 heterocycles. The molecule has 150 valence electrons. The molecular weight excluding hydrogens is 358 g/mol. The van der Waals surface area contributed by atoms with E-state index in [1.165, 1.54) is 0 Å². The molecule has 3 aliphatic rings. The van der Waals surface area contributed by atoms with E-state index in [1.807, 2.05) is 25.1 Å². The fourth-order valence-corrected chi connectivity index (χ4v) is 3.95. The molecule has 1 saturated carbocycles. The predicted molar refractivity (Wildman–Crippen MR) is 103 cm³/mol. The second-order valence-corrected chi connectivity index (χ2v) is 8.26. The highest BCUT2D eigenvalue weighted by Crippen LogP contribution is 2.34. The van der Waals surface area contributed by atoms with E-state index in [2.05, 4.69) is 10.6 Å². The Morgan fingerprint density at radius 1 is 1.32 bits per heavy atom. The fraction of sp³-hybridized carbons (Fsp3) is 0.571. The van der Waals surface area contributed by atoms with Crippen LogP contribution in [-0.2, 0) is 9.59 Å². The van der Waals surface area contributed by atoms with E-state index in [4.69, 9.17) is 4.74 Å². The van der Waals surface area contributed by atoms with Gasteiger partial charge in [0.05, 0.1) is 12.1 Å². The maximum Gasteiger partial charge on any atom is 0.255 e. The standard InChI is InChI=1S/C21H27N3O4/c1-13-3-6-17-16(11-13)20(27)22-12-21(28-17)8-7-18(25)24(10-9-21)14(2)19(26)23-15-4-5-15/h3,6,11,14-15H,4-5,7-10,12H2,1-2H3,(H,22,27)(H,23,26). The molecule has 1 aromatic rings. The first kappa shape index (κ1) is 18.8. The van der Waals surface area contributed by atoms with E-state index in [1.54, 1.807) is 11.8 Å². The third kappa shape index (κ3) is 3.70. The van der Waals surface area contributed by atoms with Crippen LogP contribution >= 0.6 is 0 Å². The maximum atomic E-state index is 12.7. The van der Waals surface area contributed by atoms with Crippen LogP contribution in [0, 0.1) is 6.92 Å². The molecule has 0 aromatic heterocycles. The number of hydrogen-bond donors (Lipinski definition) is 2. The minimum Gasteiger partial charge on any atom is -0.485 e. The topological polar surface area (TPSA) is 87.7 Å². The molecule has 1 saturated heterocycles. The van der Waals surface area contributed by atoms with E-state index >= 15 is 0 Å². The highest BCUT2D eigenvalue weighted by molar-refractivity contribution is 5.97. The van der Waals surface area contributed by atoms with Crippen molar-refractivity contribution in [1.82, 2.24) is 15.5 Å². The summed E-state index contributed by atoms with van der Waals surface area (Å²) in [7, 11) is 0. The van der Waals surface area contributed by atoms with Crippen molar-refractivity contribution in [3.63, 3.8) is 0 Å². The Labute approximate surface area is 164 Å². The molecule has 0 bridgehead atoms. The highest BCUT2D eigenvalue weighted by atomic mass is 16.5. The van der Waals surface area contributed by atoms with Crippen molar-refractivity contribution in [2.24, 2.45) is 0 Å². The molecule has 2 atom stereocenters. The van der Waals surface area contributed by atoms with Crippen LogP contribution in [0.25, 0.3) is 0 Å². The van der Waals surface area contributed by atoms with Crippen LogP contribution in [0.5, 0.6) is 5.75 Å². The fourth-order valence-electron chi connectivity index (χ4n) is 3.95. The minimum absolute atomic E-state index is 0.0429. The number of amides is 3. The van der Waals surface area contributed by atoms with Crippen LogP contribution in [0.2, 0.25) is 0 Å². The Hall–Kier alpha value is -2.57. The monoisotopic (exact) mass is 385 g/mol. The van der Waals surface area contributed by atoms with Gasteiger partial charge in [0.2, 0.25) is 11.8 Å². The number of aryl methyl sites for hydroxylation is 1. The van der Waals surface area contributed by atoms with Crippen LogP contribution in [0.4, 0.5) is 0 Å². The number of carbonyl (C=O) groups is 3. The van der Waals surface area contributed by atoms with Gasteiger partial charge in [0.1, 0.15) is 17.4 Å². The van der Waals surface area contributed by atoms with Crippen LogP contribution in [-0.4, -0.2) is 53.4 Å². The lowest BCUT2D eigenvalue weighted by Crippen LogP contribution is -2.49. The Morgan fingerprint density at radius 3 is 2.86 bits per heavy atom. The van der Waals surface area contributed by atoms with E-state index in [0.29, 0.717) is 37.2 Å². The predicted octanol–water partition coefficient (Wildman–Crippen LogP) is 1.54. The molecule has 7 nitrogen and oxygen atoms in total. The number of benzene rings is 1. The first-order valence-corrected chi connectivity index (χ1v) is 10.0. The summed E-state index contributed by atoms with van der Waals surface area (Å²) >= 11 is 0. The lowest BCUT2D eigenvalue weighted by atomic mass is 9.94. The molecule has 2 fully saturated rings. The van der Waals surface area contributed by atoms with Gasteiger partial charge in [-0.15, -0.1) is 0 Å². The second kappa shape index (κ2) is 7.11. The Balaban J connectivity index is 1.52. The molecular formula is C21H27N3O4. The Bertz CT molecular complexity index is 820. The third-order valence-corrected chi connectivity index (χ3v) is 5.97. The van der Waals surface area contributed by atoms with E-state index < -0.39 is 11.6 Å². The molecule has 1 spiro atoms. The van der Waals surface area contributed by atoms with Crippen LogP contribution in [0.1, 0.15) is 54.9 Å². The van der Waals surface area contributed by atoms with Crippen LogP contribution < -0.4 is 15.4 Å². The average Bonchev–Trinajstić information content (AvgIpc) is 3.50. The van der Waals surface area contributed by atoms with Crippen molar-refractivity contribution in [2.75, 3.05) is 13.1 Å². The van der Waals surface area contributed by atoms with Crippen molar-refractivity contribution >= 4 is 17.7 Å². The van der Waals surface area contributed by atoms with Gasteiger partial charge in [-0.3, -0.25) is 14.4 Å². The third-order valence-electron chi connectivity index (χ3n) is 5.97. The second-order valence-electron chi connectivity index (χ2n) is 8.26. The summed E-state index contributed by atoms with van der Waals surface area (Å²) in [6.07, 6.45) is 3.39. The largest absolute Gasteiger partial charge is 0.485 e. The lowest BCUT2D eigenvalue weighted by Gasteiger charge is -2.32. The normalized spacial score (nSPS) is 25.9. The zero-order chi connectivity index (χ0) is 19.9. The molecule has 28 heavy (non-hydrogen) atoms. The van der Waals surface area contributed by atoms with Gasteiger partial charge in [-0.2, -0.15) is 0 Å². The summed E-state index contributed by atoms with van der Waals surface area (Å²) in [6, 6.07) is 5.33. The summed E-state index contributed by atoms with van der Waals surface area (Å²) in [5, 5.41) is 5.94. The first-order valence-electron chi connectivity index (χ1n) is 10.0. The number of likely N-dealkylation sites (tertiary alicyclic amines) is 1. The number of nitrogens with zero attached hydrogens (tertiary/aromatic N) is 1. The number of nitrogens with one attached hydrogen (secondary N) is 2. The zero-order valence-electron chi connectivity index (χ0n) is 16.4. The van der Waals surface area contributed by atoms with Gasteiger partial charge in [0, 0.05) is 25.4 Å². The number of rotatable bonds is 3.